The van der Waals surface area contributed by atoms with Crippen molar-refractivity contribution in [3.8, 4) is 0 Å². The van der Waals surface area contributed by atoms with Crippen molar-refractivity contribution in [1.82, 2.24) is 10.2 Å². The SMILES string of the molecule is CC(C)C(CNC(=O)CBr)N(C)C. The Balaban J connectivity index is 3.90. The zero-order chi connectivity index (χ0) is 10.4. The molecule has 1 unspecified atom stereocenters. The molecule has 4 heteroatoms. The van der Waals surface area contributed by atoms with Gasteiger partial charge in [-0.2, -0.15) is 0 Å². The summed E-state index contributed by atoms with van der Waals surface area (Å²) in [6, 6.07) is 0.406. The van der Waals surface area contributed by atoms with Gasteiger partial charge in [0.05, 0.1) is 5.33 Å². The monoisotopic (exact) mass is 250 g/mol. The maximum absolute atomic E-state index is 11.0. The molecule has 0 heterocycles. The van der Waals surface area contributed by atoms with Crippen molar-refractivity contribution in [1.29, 1.82) is 0 Å². The highest BCUT2D eigenvalue weighted by atomic mass is 79.9. The smallest absolute Gasteiger partial charge is 0.230 e. The van der Waals surface area contributed by atoms with E-state index in [1.807, 2.05) is 14.1 Å². The van der Waals surface area contributed by atoms with Crippen molar-refractivity contribution in [3.63, 3.8) is 0 Å². The fourth-order valence-corrected chi connectivity index (χ4v) is 1.48. The number of nitrogens with one attached hydrogen (secondary N) is 1. The van der Waals surface area contributed by atoms with E-state index in [0.29, 0.717) is 17.3 Å². The number of likely N-dealkylation sites (N-methyl/N-ethyl adjacent to an activating group) is 1. The summed E-state index contributed by atoms with van der Waals surface area (Å²) >= 11 is 3.11. The van der Waals surface area contributed by atoms with E-state index in [1.165, 1.54) is 0 Å². The molecule has 0 fully saturated rings. The Morgan fingerprint density at radius 2 is 2.00 bits per heavy atom. The fourth-order valence-electron chi connectivity index (χ4n) is 1.28. The topological polar surface area (TPSA) is 32.3 Å². The molecule has 78 valence electrons. The molecule has 0 aliphatic rings. The lowest BCUT2D eigenvalue weighted by Crippen LogP contribution is -2.43. The second-order valence-electron chi connectivity index (χ2n) is 3.71. The number of hydrogen-bond donors (Lipinski definition) is 1. The summed E-state index contributed by atoms with van der Waals surface area (Å²) in [5.41, 5.74) is 0. The summed E-state index contributed by atoms with van der Waals surface area (Å²) in [5.74, 6) is 0.595. The number of hydrogen-bond acceptors (Lipinski definition) is 2. The van der Waals surface area contributed by atoms with Crippen LogP contribution in [-0.4, -0.2) is 42.8 Å². The molecule has 0 spiro atoms. The third-order valence-electron chi connectivity index (χ3n) is 2.06. The number of amides is 1. The van der Waals surface area contributed by atoms with E-state index in [1.54, 1.807) is 0 Å². The van der Waals surface area contributed by atoms with E-state index in [9.17, 15) is 4.79 Å². The van der Waals surface area contributed by atoms with Gasteiger partial charge in [-0.05, 0) is 20.0 Å². The van der Waals surface area contributed by atoms with Crippen molar-refractivity contribution >= 4 is 21.8 Å². The lowest BCUT2D eigenvalue weighted by molar-refractivity contribution is -0.118. The van der Waals surface area contributed by atoms with Crippen LogP contribution in [0.2, 0.25) is 0 Å². The largest absolute Gasteiger partial charge is 0.354 e. The number of halogens is 1. The van der Waals surface area contributed by atoms with E-state index in [2.05, 4.69) is 40.0 Å². The predicted octanol–water partition coefficient (Wildman–Crippen LogP) is 1.08. The standard InChI is InChI=1S/C9H19BrN2O/c1-7(2)8(12(3)4)6-11-9(13)5-10/h7-8H,5-6H2,1-4H3,(H,11,13). The first-order valence-electron chi connectivity index (χ1n) is 4.48. The van der Waals surface area contributed by atoms with Crippen LogP contribution in [0.5, 0.6) is 0 Å². The number of alkyl halides is 1. The van der Waals surface area contributed by atoms with Crippen LogP contribution >= 0.6 is 15.9 Å². The molecule has 0 aliphatic carbocycles. The third-order valence-corrected chi connectivity index (χ3v) is 2.57. The molecular weight excluding hydrogens is 232 g/mol. The van der Waals surface area contributed by atoms with Gasteiger partial charge in [0, 0.05) is 12.6 Å². The normalized spacial score (nSPS) is 13.5. The van der Waals surface area contributed by atoms with E-state index in [0.717, 1.165) is 6.54 Å². The fraction of sp³-hybridized carbons (Fsp3) is 0.889. The molecule has 0 aromatic rings. The molecule has 13 heavy (non-hydrogen) atoms. The first-order chi connectivity index (χ1) is 5.99. The molecule has 0 rings (SSSR count). The molecule has 0 saturated carbocycles. The third kappa shape index (κ3) is 5.26. The van der Waals surface area contributed by atoms with Crippen LogP contribution in [0.15, 0.2) is 0 Å². The average molecular weight is 251 g/mol. The Kier molecular flexibility index (Phi) is 6.33. The molecule has 0 aromatic carbocycles. The van der Waals surface area contributed by atoms with Gasteiger partial charge in [0.25, 0.3) is 0 Å². The molecule has 0 saturated heterocycles. The molecule has 1 N–H and O–H groups in total. The van der Waals surface area contributed by atoms with Crippen molar-refractivity contribution in [2.24, 2.45) is 5.92 Å². The van der Waals surface area contributed by atoms with Crippen LogP contribution < -0.4 is 5.32 Å². The summed E-state index contributed by atoms with van der Waals surface area (Å²) in [7, 11) is 4.07. The summed E-state index contributed by atoms with van der Waals surface area (Å²) < 4.78 is 0. The minimum absolute atomic E-state index is 0.0486. The number of rotatable bonds is 5. The molecular formula is C9H19BrN2O. The summed E-state index contributed by atoms with van der Waals surface area (Å²) in [5, 5.41) is 3.25. The van der Waals surface area contributed by atoms with Crippen LogP contribution in [0.1, 0.15) is 13.8 Å². The highest BCUT2D eigenvalue weighted by Gasteiger charge is 2.15. The van der Waals surface area contributed by atoms with Gasteiger partial charge < -0.3 is 10.2 Å². The van der Waals surface area contributed by atoms with Gasteiger partial charge in [0.15, 0.2) is 0 Å². The zero-order valence-corrected chi connectivity index (χ0v) is 10.4. The Hall–Kier alpha value is -0.0900. The van der Waals surface area contributed by atoms with Gasteiger partial charge in [0.2, 0.25) is 5.91 Å². The quantitative estimate of drug-likeness (QED) is 0.742. The van der Waals surface area contributed by atoms with Crippen molar-refractivity contribution in [2.75, 3.05) is 26.0 Å². The second kappa shape index (κ2) is 6.38. The van der Waals surface area contributed by atoms with Crippen LogP contribution in [0.25, 0.3) is 0 Å². The van der Waals surface area contributed by atoms with Crippen molar-refractivity contribution in [3.05, 3.63) is 0 Å². The molecule has 0 radical (unpaired) electrons. The van der Waals surface area contributed by atoms with Gasteiger partial charge in [0.1, 0.15) is 0 Å². The first-order valence-corrected chi connectivity index (χ1v) is 5.60. The van der Waals surface area contributed by atoms with Gasteiger partial charge in [-0.15, -0.1) is 0 Å². The maximum Gasteiger partial charge on any atom is 0.230 e. The Bertz CT molecular complexity index is 152. The van der Waals surface area contributed by atoms with Gasteiger partial charge in [-0.1, -0.05) is 29.8 Å². The van der Waals surface area contributed by atoms with Gasteiger partial charge >= 0.3 is 0 Å². The molecule has 0 aromatic heterocycles. The molecule has 1 amide bonds. The van der Waals surface area contributed by atoms with Crippen molar-refractivity contribution in [2.45, 2.75) is 19.9 Å². The first kappa shape index (κ1) is 12.9. The molecule has 0 aliphatic heterocycles. The van der Waals surface area contributed by atoms with Gasteiger partial charge in [-0.3, -0.25) is 4.79 Å². The molecule has 0 bridgehead atoms. The van der Waals surface area contributed by atoms with Crippen LogP contribution in [-0.2, 0) is 4.79 Å². The number of carbonyl (C=O) groups excluding carboxylic acids is 1. The van der Waals surface area contributed by atoms with E-state index in [4.69, 9.17) is 0 Å². The van der Waals surface area contributed by atoms with Crippen LogP contribution in [0.4, 0.5) is 0 Å². The zero-order valence-electron chi connectivity index (χ0n) is 8.80. The molecule has 3 nitrogen and oxygen atoms in total. The lowest BCUT2D eigenvalue weighted by atomic mass is 10.0. The predicted molar refractivity (Wildman–Crippen MR) is 59.1 cm³/mol. The van der Waals surface area contributed by atoms with Crippen LogP contribution in [0, 0.1) is 5.92 Å². The lowest BCUT2D eigenvalue weighted by Gasteiger charge is -2.27. The summed E-state index contributed by atoms with van der Waals surface area (Å²) in [6.07, 6.45) is 0. The van der Waals surface area contributed by atoms with E-state index < -0.39 is 0 Å². The number of nitrogens with zero attached hydrogens (tertiary/aromatic N) is 1. The molecule has 1 atom stereocenters. The maximum atomic E-state index is 11.0. The number of carbonyl (C=O) groups is 1. The van der Waals surface area contributed by atoms with E-state index in [-0.39, 0.29) is 5.91 Å². The van der Waals surface area contributed by atoms with Crippen molar-refractivity contribution < 1.29 is 4.79 Å². The minimum atomic E-state index is 0.0486. The summed E-state index contributed by atoms with van der Waals surface area (Å²) in [6.45, 7) is 5.03. The Morgan fingerprint density at radius 1 is 1.46 bits per heavy atom. The second-order valence-corrected chi connectivity index (χ2v) is 4.27. The highest BCUT2D eigenvalue weighted by molar-refractivity contribution is 9.09. The highest BCUT2D eigenvalue weighted by Crippen LogP contribution is 2.05. The Labute approximate surface area is 89.0 Å². The van der Waals surface area contributed by atoms with Crippen LogP contribution in [0.3, 0.4) is 0 Å². The van der Waals surface area contributed by atoms with Gasteiger partial charge in [-0.25, -0.2) is 0 Å². The average Bonchev–Trinajstić information content (AvgIpc) is 2.03. The minimum Gasteiger partial charge on any atom is -0.354 e. The summed E-state index contributed by atoms with van der Waals surface area (Å²) in [4.78, 5) is 13.1. The van der Waals surface area contributed by atoms with E-state index >= 15 is 0 Å². The Morgan fingerprint density at radius 3 is 2.31 bits per heavy atom.